The lowest BCUT2D eigenvalue weighted by Gasteiger charge is -2.29. The normalized spacial score (nSPS) is 17.3. The molecule has 19 heavy (non-hydrogen) atoms. The van der Waals surface area contributed by atoms with E-state index in [1.807, 2.05) is 18.2 Å². The first-order valence-electron chi connectivity index (χ1n) is 6.59. The van der Waals surface area contributed by atoms with Crippen LogP contribution >= 0.6 is 11.6 Å². The van der Waals surface area contributed by atoms with Gasteiger partial charge in [0, 0.05) is 23.8 Å². The van der Waals surface area contributed by atoms with Gasteiger partial charge in [0.2, 0.25) is 0 Å². The zero-order valence-corrected chi connectivity index (χ0v) is 11.6. The summed E-state index contributed by atoms with van der Waals surface area (Å²) in [6, 6.07) is 4.89. The summed E-state index contributed by atoms with van der Waals surface area (Å²) in [5.74, 6) is -1.00. The molecule has 0 spiro atoms. The maximum atomic E-state index is 10.8. The van der Waals surface area contributed by atoms with Gasteiger partial charge in [-0.15, -0.1) is 0 Å². The first-order valence-corrected chi connectivity index (χ1v) is 6.97. The van der Waals surface area contributed by atoms with E-state index in [-0.39, 0.29) is 6.42 Å². The number of piperidine rings is 1. The predicted octanol–water partition coefficient (Wildman–Crippen LogP) is 2.28. The quantitative estimate of drug-likeness (QED) is 0.889. The van der Waals surface area contributed by atoms with Crippen molar-refractivity contribution < 1.29 is 9.90 Å². The molecule has 4 nitrogen and oxygen atoms in total. The SMILES string of the molecule is NC(Cc1ccc(N2CCCCC2)cc1Cl)C(=O)O. The molecule has 1 saturated heterocycles. The number of aliphatic carboxylic acids is 1. The summed E-state index contributed by atoms with van der Waals surface area (Å²) in [4.78, 5) is 13.1. The highest BCUT2D eigenvalue weighted by Crippen LogP contribution is 2.26. The van der Waals surface area contributed by atoms with Gasteiger partial charge in [-0.3, -0.25) is 4.79 Å². The van der Waals surface area contributed by atoms with Crippen molar-refractivity contribution in [3.8, 4) is 0 Å². The van der Waals surface area contributed by atoms with Crippen molar-refractivity contribution in [1.82, 2.24) is 0 Å². The number of benzene rings is 1. The van der Waals surface area contributed by atoms with E-state index in [2.05, 4.69) is 4.90 Å². The Balaban J connectivity index is 2.10. The Hall–Kier alpha value is -1.26. The molecule has 0 aromatic heterocycles. The molecular formula is C14H19ClN2O2. The van der Waals surface area contributed by atoms with Gasteiger partial charge >= 0.3 is 5.97 Å². The maximum Gasteiger partial charge on any atom is 0.320 e. The van der Waals surface area contributed by atoms with Crippen molar-refractivity contribution in [2.75, 3.05) is 18.0 Å². The number of rotatable bonds is 4. The van der Waals surface area contributed by atoms with Crippen LogP contribution in [0.5, 0.6) is 0 Å². The number of nitrogens with zero attached hydrogens (tertiary/aromatic N) is 1. The first-order chi connectivity index (χ1) is 9.08. The Morgan fingerprint density at radius 1 is 1.37 bits per heavy atom. The van der Waals surface area contributed by atoms with E-state index in [1.54, 1.807) is 0 Å². The van der Waals surface area contributed by atoms with Crippen LogP contribution in [0.15, 0.2) is 18.2 Å². The lowest BCUT2D eigenvalue weighted by atomic mass is 10.0. The van der Waals surface area contributed by atoms with E-state index in [9.17, 15) is 4.79 Å². The van der Waals surface area contributed by atoms with Gasteiger partial charge in [-0.1, -0.05) is 17.7 Å². The molecule has 1 heterocycles. The molecule has 3 N–H and O–H groups in total. The number of hydrogen-bond acceptors (Lipinski definition) is 3. The molecule has 1 unspecified atom stereocenters. The van der Waals surface area contributed by atoms with Crippen molar-refractivity contribution in [2.45, 2.75) is 31.7 Å². The molecule has 1 aliphatic heterocycles. The van der Waals surface area contributed by atoms with Gasteiger partial charge in [0.1, 0.15) is 6.04 Å². The molecule has 0 radical (unpaired) electrons. The van der Waals surface area contributed by atoms with Crippen molar-refractivity contribution >= 4 is 23.3 Å². The molecule has 1 fully saturated rings. The topological polar surface area (TPSA) is 66.6 Å². The van der Waals surface area contributed by atoms with Crippen LogP contribution < -0.4 is 10.6 Å². The summed E-state index contributed by atoms with van der Waals surface area (Å²) in [7, 11) is 0. The smallest absolute Gasteiger partial charge is 0.320 e. The molecule has 104 valence electrons. The highest BCUT2D eigenvalue weighted by Gasteiger charge is 2.16. The lowest BCUT2D eigenvalue weighted by Crippen LogP contribution is -2.32. The van der Waals surface area contributed by atoms with Crippen LogP contribution in [0.3, 0.4) is 0 Å². The minimum atomic E-state index is -1.00. The summed E-state index contributed by atoms with van der Waals surface area (Å²) in [5, 5.41) is 9.41. The molecule has 1 aromatic carbocycles. The van der Waals surface area contributed by atoms with E-state index in [0.29, 0.717) is 5.02 Å². The van der Waals surface area contributed by atoms with E-state index in [0.717, 1.165) is 24.3 Å². The van der Waals surface area contributed by atoms with Gasteiger partial charge < -0.3 is 15.7 Å². The van der Waals surface area contributed by atoms with Crippen molar-refractivity contribution in [2.24, 2.45) is 5.73 Å². The molecule has 5 heteroatoms. The molecular weight excluding hydrogens is 264 g/mol. The average Bonchev–Trinajstić information content (AvgIpc) is 2.41. The van der Waals surface area contributed by atoms with Gasteiger partial charge in [0.25, 0.3) is 0 Å². The summed E-state index contributed by atoms with van der Waals surface area (Å²) >= 11 is 6.22. The Bertz CT molecular complexity index is 459. The minimum Gasteiger partial charge on any atom is -0.480 e. The monoisotopic (exact) mass is 282 g/mol. The lowest BCUT2D eigenvalue weighted by molar-refractivity contribution is -0.138. The van der Waals surface area contributed by atoms with Crippen molar-refractivity contribution in [1.29, 1.82) is 0 Å². The number of hydrogen-bond donors (Lipinski definition) is 2. The Morgan fingerprint density at radius 3 is 2.63 bits per heavy atom. The molecule has 0 saturated carbocycles. The van der Waals surface area contributed by atoms with Gasteiger partial charge in [-0.2, -0.15) is 0 Å². The Kier molecular flexibility index (Phi) is 4.66. The van der Waals surface area contributed by atoms with Crippen molar-refractivity contribution in [3.63, 3.8) is 0 Å². The summed E-state index contributed by atoms with van der Waals surface area (Å²) in [6.45, 7) is 2.12. The van der Waals surface area contributed by atoms with Crippen LogP contribution in [-0.2, 0) is 11.2 Å². The largest absolute Gasteiger partial charge is 0.480 e. The van der Waals surface area contributed by atoms with Crippen LogP contribution in [-0.4, -0.2) is 30.2 Å². The Morgan fingerprint density at radius 2 is 2.05 bits per heavy atom. The number of nitrogens with two attached hydrogens (primary N) is 1. The number of carbonyl (C=O) groups is 1. The summed E-state index contributed by atoms with van der Waals surface area (Å²) in [5.41, 5.74) is 7.43. The fourth-order valence-electron chi connectivity index (χ4n) is 2.37. The van der Waals surface area contributed by atoms with E-state index in [1.165, 1.54) is 19.3 Å². The van der Waals surface area contributed by atoms with Crippen LogP contribution in [0.25, 0.3) is 0 Å². The van der Waals surface area contributed by atoms with Gasteiger partial charge in [0.05, 0.1) is 0 Å². The number of carboxylic acids is 1. The zero-order chi connectivity index (χ0) is 13.8. The number of carboxylic acid groups (broad SMARTS) is 1. The molecule has 0 amide bonds. The predicted molar refractivity (Wildman–Crippen MR) is 76.8 cm³/mol. The second-order valence-electron chi connectivity index (χ2n) is 4.97. The second kappa shape index (κ2) is 6.26. The Labute approximate surface area is 118 Å². The fraction of sp³-hybridized carbons (Fsp3) is 0.500. The third-order valence-electron chi connectivity index (χ3n) is 3.51. The molecule has 0 bridgehead atoms. The highest BCUT2D eigenvalue weighted by atomic mass is 35.5. The maximum absolute atomic E-state index is 10.8. The average molecular weight is 283 g/mol. The fourth-order valence-corrected chi connectivity index (χ4v) is 2.63. The third kappa shape index (κ3) is 3.61. The van der Waals surface area contributed by atoms with Crippen LogP contribution in [0, 0.1) is 0 Å². The van der Waals surface area contributed by atoms with E-state index in [4.69, 9.17) is 22.4 Å². The molecule has 1 aromatic rings. The van der Waals surface area contributed by atoms with Gasteiger partial charge in [-0.25, -0.2) is 0 Å². The second-order valence-corrected chi connectivity index (χ2v) is 5.38. The summed E-state index contributed by atoms with van der Waals surface area (Å²) < 4.78 is 0. The minimum absolute atomic E-state index is 0.258. The molecule has 1 atom stereocenters. The van der Waals surface area contributed by atoms with Gasteiger partial charge in [-0.05, 0) is 43.4 Å². The first kappa shape index (κ1) is 14.2. The van der Waals surface area contributed by atoms with E-state index >= 15 is 0 Å². The van der Waals surface area contributed by atoms with Crippen LogP contribution in [0.4, 0.5) is 5.69 Å². The molecule has 1 aliphatic rings. The van der Waals surface area contributed by atoms with Crippen LogP contribution in [0.2, 0.25) is 5.02 Å². The zero-order valence-electron chi connectivity index (χ0n) is 10.8. The molecule has 0 aliphatic carbocycles. The standard InChI is InChI=1S/C14H19ClN2O2/c15-12-9-11(17-6-2-1-3-7-17)5-4-10(12)8-13(16)14(18)19/h4-5,9,13H,1-3,6-8,16H2,(H,18,19). The summed E-state index contributed by atoms with van der Waals surface area (Å²) in [6.07, 6.45) is 3.97. The van der Waals surface area contributed by atoms with E-state index < -0.39 is 12.0 Å². The van der Waals surface area contributed by atoms with Crippen molar-refractivity contribution in [3.05, 3.63) is 28.8 Å². The van der Waals surface area contributed by atoms with Gasteiger partial charge in [0.15, 0.2) is 0 Å². The third-order valence-corrected chi connectivity index (χ3v) is 3.87. The number of halogens is 1. The highest BCUT2D eigenvalue weighted by molar-refractivity contribution is 6.31. The molecule has 2 rings (SSSR count). The number of anilines is 1. The van der Waals surface area contributed by atoms with Crippen LogP contribution in [0.1, 0.15) is 24.8 Å².